The number of hydrogen-bond acceptors (Lipinski definition) is 3. The molecular formula is C19H22N5O3+. The molecule has 0 radical (unpaired) electrons. The average Bonchev–Trinajstić information content (AvgIpc) is 2.62. The molecule has 0 heterocycles. The van der Waals surface area contributed by atoms with Crippen LogP contribution in [0.2, 0.25) is 0 Å². The second kappa shape index (κ2) is 9.87. The maximum Gasteiger partial charge on any atom is 0.305 e. The maximum absolute atomic E-state index is 12.0. The van der Waals surface area contributed by atoms with Crippen LogP contribution in [0.5, 0.6) is 0 Å². The lowest BCUT2D eigenvalue weighted by molar-refractivity contribution is -0.221. The summed E-state index contributed by atoms with van der Waals surface area (Å²) in [5, 5.41) is 18.2. The summed E-state index contributed by atoms with van der Waals surface area (Å²) in [6.07, 6.45) is 2.77. The molecule has 140 valence electrons. The maximum atomic E-state index is 12.0. The van der Waals surface area contributed by atoms with E-state index in [1.807, 2.05) is 36.4 Å². The van der Waals surface area contributed by atoms with Crippen LogP contribution in [0.15, 0.2) is 46.7 Å². The van der Waals surface area contributed by atoms with E-state index >= 15 is 0 Å². The zero-order valence-electron chi connectivity index (χ0n) is 14.8. The molecule has 1 aliphatic rings. The smallest absolute Gasteiger partial charge is 0.305 e. The topological polar surface area (TPSA) is 143 Å². The van der Waals surface area contributed by atoms with Gasteiger partial charge in [0.2, 0.25) is 5.91 Å². The van der Waals surface area contributed by atoms with Gasteiger partial charge < -0.3 is 16.2 Å². The number of hydrogen-bond donors (Lipinski definition) is 4. The number of carboxylic acids is 1. The third kappa shape index (κ3) is 6.74. The molecule has 2 rings (SSSR count). The largest absolute Gasteiger partial charge is 0.481 e. The van der Waals surface area contributed by atoms with Gasteiger partial charge in [-0.3, -0.25) is 9.59 Å². The first-order chi connectivity index (χ1) is 13.0. The Morgan fingerprint density at radius 1 is 1.37 bits per heavy atom. The van der Waals surface area contributed by atoms with Crippen molar-refractivity contribution in [1.82, 2.24) is 5.32 Å². The number of benzene rings is 1. The third-order valence-corrected chi connectivity index (χ3v) is 3.99. The molecule has 6 N–H and O–H groups in total. The van der Waals surface area contributed by atoms with Gasteiger partial charge in [0.1, 0.15) is 11.6 Å². The summed E-state index contributed by atoms with van der Waals surface area (Å²) in [5.41, 5.74) is 12.4. The number of nitrogens with zero attached hydrogens (tertiary/aromatic N) is 2. The molecule has 1 aromatic rings. The Labute approximate surface area is 157 Å². The summed E-state index contributed by atoms with van der Waals surface area (Å²) in [4.78, 5) is 23.1. The number of amides is 1. The SMILES string of the molecule is NC(CC(=O)NC(CC(=O)O)CC1C#CC(c2ccccc2)=CC1)=NN=[NH2+]. The number of amidine groups is 1. The van der Waals surface area contributed by atoms with Crippen molar-refractivity contribution in [2.45, 2.75) is 31.7 Å². The minimum absolute atomic E-state index is 0.0350. The summed E-state index contributed by atoms with van der Waals surface area (Å²) < 4.78 is 0. The molecule has 0 aromatic heterocycles. The normalized spacial score (nSPS) is 17.1. The number of aliphatic carboxylic acids is 1. The molecule has 1 aromatic carbocycles. The highest BCUT2D eigenvalue weighted by atomic mass is 16.4. The third-order valence-electron chi connectivity index (χ3n) is 3.99. The zero-order valence-corrected chi connectivity index (χ0v) is 14.8. The molecule has 2 unspecified atom stereocenters. The van der Waals surface area contributed by atoms with E-state index in [-0.39, 0.29) is 24.6 Å². The highest BCUT2D eigenvalue weighted by Gasteiger charge is 2.22. The van der Waals surface area contributed by atoms with E-state index in [1.165, 1.54) is 0 Å². The van der Waals surface area contributed by atoms with Crippen LogP contribution in [0.25, 0.3) is 5.57 Å². The summed E-state index contributed by atoms with van der Waals surface area (Å²) in [6, 6.07) is 9.29. The second-order valence-corrected chi connectivity index (χ2v) is 6.17. The molecule has 1 amide bonds. The van der Waals surface area contributed by atoms with E-state index in [9.17, 15) is 9.59 Å². The van der Waals surface area contributed by atoms with Crippen molar-refractivity contribution < 1.29 is 20.2 Å². The number of nitrogens with one attached hydrogen (secondary N) is 1. The molecule has 0 bridgehead atoms. The molecule has 0 aliphatic heterocycles. The standard InChI is InChI=1S/C19H21N5O3/c20-17(23-24-21)12-18(25)22-16(11-19(26)27)10-13-6-8-15(9-7-13)14-4-2-1-3-5-14/h1-5,8,13,16H,6,10-12H2,(H,22,25)(H,26,27)(H3,20,21,23)/p+1. The Kier molecular flexibility index (Phi) is 7.26. The van der Waals surface area contributed by atoms with Crippen molar-refractivity contribution in [2.75, 3.05) is 0 Å². The van der Waals surface area contributed by atoms with Gasteiger partial charge in [-0.05, 0) is 18.4 Å². The first kappa shape index (κ1) is 19.8. The molecule has 0 fully saturated rings. The van der Waals surface area contributed by atoms with Crippen LogP contribution >= 0.6 is 0 Å². The van der Waals surface area contributed by atoms with Gasteiger partial charge in [0.05, 0.1) is 11.5 Å². The summed E-state index contributed by atoms with van der Waals surface area (Å²) in [5.74, 6) is 4.78. The Balaban J connectivity index is 1.97. The van der Waals surface area contributed by atoms with Crippen LogP contribution in [-0.4, -0.2) is 28.9 Å². The zero-order chi connectivity index (χ0) is 19.6. The van der Waals surface area contributed by atoms with E-state index < -0.39 is 17.9 Å². The fraction of sp³-hybridized carbons (Fsp3) is 0.316. The van der Waals surface area contributed by atoms with Gasteiger partial charge >= 0.3 is 5.97 Å². The minimum atomic E-state index is -0.997. The van der Waals surface area contributed by atoms with Crippen molar-refractivity contribution in [3.8, 4) is 11.8 Å². The number of rotatable bonds is 9. The summed E-state index contributed by atoms with van der Waals surface area (Å²) >= 11 is 0. The molecule has 2 atom stereocenters. The molecule has 0 saturated carbocycles. The quantitative estimate of drug-likeness (QED) is 0.164. The van der Waals surface area contributed by atoms with Crippen molar-refractivity contribution in [2.24, 2.45) is 22.0 Å². The van der Waals surface area contributed by atoms with Crippen molar-refractivity contribution in [3.05, 3.63) is 42.0 Å². The van der Waals surface area contributed by atoms with Crippen LogP contribution in [-0.2, 0) is 9.59 Å². The first-order valence-corrected chi connectivity index (χ1v) is 8.48. The van der Waals surface area contributed by atoms with E-state index in [4.69, 9.17) is 16.4 Å². The predicted octanol–water partition coefficient (Wildman–Crippen LogP) is 0.317. The molecule has 0 saturated heterocycles. The number of carbonyl (C=O) groups excluding carboxylic acids is 1. The van der Waals surface area contributed by atoms with E-state index in [0.717, 1.165) is 11.1 Å². The Morgan fingerprint density at radius 3 is 2.70 bits per heavy atom. The van der Waals surface area contributed by atoms with Gasteiger partial charge in [0.15, 0.2) is 0 Å². The fourth-order valence-corrected chi connectivity index (χ4v) is 2.81. The van der Waals surface area contributed by atoms with Gasteiger partial charge in [-0.1, -0.05) is 48.2 Å². The monoisotopic (exact) mass is 368 g/mol. The molecule has 8 heteroatoms. The first-order valence-electron chi connectivity index (χ1n) is 8.48. The van der Waals surface area contributed by atoms with Gasteiger partial charge in [0, 0.05) is 17.5 Å². The van der Waals surface area contributed by atoms with Gasteiger partial charge in [0.25, 0.3) is 5.84 Å². The number of nitrogens with two attached hydrogens (primary N) is 2. The molecule has 8 nitrogen and oxygen atoms in total. The number of carbonyl (C=O) groups is 2. The molecule has 1 aliphatic carbocycles. The van der Waals surface area contributed by atoms with Crippen LogP contribution in [0, 0.1) is 17.8 Å². The molecule has 0 spiro atoms. The lowest BCUT2D eigenvalue weighted by Crippen LogP contribution is -2.39. The van der Waals surface area contributed by atoms with E-state index in [1.54, 1.807) is 0 Å². The Bertz CT molecular complexity index is 821. The Morgan fingerprint density at radius 2 is 2.11 bits per heavy atom. The van der Waals surface area contributed by atoms with Crippen molar-refractivity contribution >= 4 is 23.3 Å². The second-order valence-electron chi connectivity index (χ2n) is 6.17. The van der Waals surface area contributed by atoms with Crippen LogP contribution < -0.4 is 16.6 Å². The lowest BCUT2D eigenvalue weighted by Gasteiger charge is -2.21. The average molecular weight is 368 g/mol. The molecule has 27 heavy (non-hydrogen) atoms. The van der Waals surface area contributed by atoms with Crippen molar-refractivity contribution in [1.29, 1.82) is 0 Å². The number of allylic oxidation sites excluding steroid dienone is 2. The highest BCUT2D eigenvalue weighted by Crippen LogP contribution is 2.23. The lowest BCUT2D eigenvalue weighted by atomic mass is 9.90. The number of carboxylic acid groups (broad SMARTS) is 1. The predicted molar refractivity (Wildman–Crippen MR) is 99.7 cm³/mol. The van der Waals surface area contributed by atoms with Crippen LogP contribution in [0.4, 0.5) is 0 Å². The van der Waals surface area contributed by atoms with Gasteiger partial charge in [-0.2, -0.15) is 5.53 Å². The fourth-order valence-electron chi connectivity index (χ4n) is 2.81. The van der Waals surface area contributed by atoms with Crippen LogP contribution in [0.1, 0.15) is 31.2 Å². The van der Waals surface area contributed by atoms with Gasteiger partial charge in [-0.25, -0.2) is 0 Å². The minimum Gasteiger partial charge on any atom is -0.481 e. The van der Waals surface area contributed by atoms with Crippen LogP contribution in [0.3, 0.4) is 0 Å². The van der Waals surface area contributed by atoms with Gasteiger partial charge in [-0.15, -0.1) is 0 Å². The van der Waals surface area contributed by atoms with E-state index in [2.05, 4.69) is 27.5 Å². The molecular weight excluding hydrogens is 346 g/mol. The van der Waals surface area contributed by atoms with E-state index in [0.29, 0.717) is 12.8 Å². The highest BCUT2D eigenvalue weighted by molar-refractivity contribution is 5.99. The Hall–Kier alpha value is -3.47. The van der Waals surface area contributed by atoms with Crippen molar-refractivity contribution in [3.63, 3.8) is 0 Å². The summed E-state index contributed by atoms with van der Waals surface area (Å²) in [6.45, 7) is 0. The summed E-state index contributed by atoms with van der Waals surface area (Å²) in [7, 11) is 0.